The van der Waals surface area contributed by atoms with Gasteiger partial charge in [-0.25, -0.2) is 4.98 Å². The number of amides is 1. The van der Waals surface area contributed by atoms with Crippen molar-refractivity contribution in [2.45, 2.75) is 25.0 Å². The van der Waals surface area contributed by atoms with Crippen LogP contribution in [0.15, 0.2) is 76.7 Å². The van der Waals surface area contributed by atoms with Gasteiger partial charge in [0.25, 0.3) is 5.56 Å². The lowest BCUT2D eigenvalue weighted by Crippen LogP contribution is -2.32. The first-order valence-electron chi connectivity index (χ1n) is 11.0. The average Bonchev–Trinajstić information content (AvgIpc) is 2.85. The van der Waals surface area contributed by atoms with Crippen molar-refractivity contribution < 1.29 is 9.53 Å². The Kier molecular flexibility index (Phi) is 7.42. The maximum Gasteiger partial charge on any atom is 0.262 e. The molecule has 0 spiro atoms. The summed E-state index contributed by atoms with van der Waals surface area (Å²) in [7, 11) is 1.64. The number of anilines is 1. The fraction of sp³-hybridized carbons (Fsp3) is 0.269. The monoisotopic (exact) mass is 461 g/mol. The van der Waals surface area contributed by atoms with Gasteiger partial charge in [-0.3, -0.25) is 14.2 Å². The molecule has 0 bridgehead atoms. The average molecular weight is 462 g/mol. The summed E-state index contributed by atoms with van der Waals surface area (Å²) < 4.78 is 6.82. The smallest absolute Gasteiger partial charge is 0.262 e. The molecule has 1 aromatic heterocycles. The molecule has 1 amide bonds. The van der Waals surface area contributed by atoms with Crippen molar-refractivity contribution in [1.82, 2.24) is 9.55 Å². The highest BCUT2D eigenvalue weighted by Gasteiger charge is 2.19. The standard InChI is InChI=1S/C26H27N3O3S/c1-3-28(23-15-8-11-19-10-4-5-12-20(19)23)24(30)18-33-26-27-22-14-7-6-13-21(22)25(31)29(26)16-9-17-32-2/h4-8,10-15H,3,9,16-18H2,1-2H3. The predicted molar refractivity (Wildman–Crippen MR) is 135 cm³/mol. The first-order chi connectivity index (χ1) is 16.1. The van der Waals surface area contributed by atoms with Gasteiger partial charge in [0, 0.05) is 32.2 Å². The Morgan fingerprint density at radius 1 is 1.03 bits per heavy atom. The number of nitrogens with zero attached hydrogens (tertiary/aromatic N) is 3. The van der Waals surface area contributed by atoms with Gasteiger partial charge < -0.3 is 9.64 Å². The van der Waals surface area contributed by atoms with E-state index in [-0.39, 0.29) is 17.2 Å². The number of carbonyl (C=O) groups is 1. The second kappa shape index (κ2) is 10.6. The van der Waals surface area contributed by atoms with Crippen LogP contribution in [0.1, 0.15) is 13.3 Å². The molecule has 0 saturated carbocycles. The number of hydrogen-bond acceptors (Lipinski definition) is 5. The summed E-state index contributed by atoms with van der Waals surface area (Å²) in [6.07, 6.45) is 0.690. The lowest BCUT2D eigenvalue weighted by atomic mass is 10.1. The molecular formula is C26H27N3O3S. The van der Waals surface area contributed by atoms with Crippen molar-refractivity contribution in [2.24, 2.45) is 0 Å². The summed E-state index contributed by atoms with van der Waals surface area (Å²) in [6.45, 7) is 3.56. The van der Waals surface area contributed by atoms with E-state index in [0.717, 1.165) is 16.5 Å². The van der Waals surface area contributed by atoms with E-state index >= 15 is 0 Å². The van der Waals surface area contributed by atoms with Crippen molar-refractivity contribution in [2.75, 3.05) is 30.9 Å². The maximum absolute atomic E-state index is 13.3. The molecule has 0 aliphatic carbocycles. The van der Waals surface area contributed by atoms with Gasteiger partial charge in [-0.2, -0.15) is 0 Å². The number of benzene rings is 3. The minimum absolute atomic E-state index is 0.0234. The highest BCUT2D eigenvalue weighted by Crippen LogP contribution is 2.28. The Morgan fingerprint density at radius 3 is 2.55 bits per heavy atom. The van der Waals surface area contributed by atoms with E-state index in [9.17, 15) is 9.59 Å². The number of methoxy groups -OCH3 is 1. The molecule has 0 atom stereocenters. The highest BCUT2D eigenvalue weighted by atomic mass is 32.2. The van der Waals surface area contributed by atoms with Crippen LogP contribution in [-0.2, 0) is 16.1 Å². The van der Waals surface area contributed by atoms with E-state index in [4.69, 9.17) is 9.72 Å². The van der Waals surface area contributed by atoms with Gasteiger partial charge >= 0.3 is 0 Å². The molecule has 4 aromatic rings. The minimum atomic E-state index is -0.0898. The first kappa shape index (κ1) is 23.0. The molecule has 4 rings (SSSR count). The van der Waals surface area contributed by atoms with Crippen LogP contribution in [0.3, 0.4) is 0 Å². The molecule has 1 heterocycles. The Hall–Kier alpha value is -3.16. The zero-order chi connectivity index (χ0) is 23.2. The Morgan fingerprint density at radius 2 is 1.76 bits per heavy atom. The topological polar surface area (TPSA) is 64.4 Å². The van der Waals surface area contributed by atoms with Gasteiger partial charge in [0.2, 0.25) is 5.91 Å². The summed E-state index contributed by atoms with van der Waals surface area (Å²) in [5, 5.41) is 3.27. The summed E-state index contributed by atoms with van der Waals surface area (Å²) in [5.74, 6) is 0.163. The predicted octanol–water partition coefficient (Wildman–Crippen LogP) is 4.73. The van der Waals surface area contributed by atoms with Crippen LogP contribution in [0.4, 0.5) is 5.69 Å². The molecule has 170 valence electrons. The Labute approximate surface area is 197 Å². The van der Waals surface area contributed by atoms with Crippen LogP contribution < -0.4 is 10.5 Å². The molecule has 3 aromatic carbocycles. The molecule has 0 unspecified atom stereocenters. The van der Waals surface area contributed by atoms with Crippen molar-refractivity contribution in [3.05, 3.63) is 77.1 Å². The molecule has 0 saturated heterocycles. The molecule has 6 nitrogen and oxygen atoms in total. The number of ether oxygens (including phenoxy) is 1. The third kappa shape index (κ3) is 4.94. The summed E-state index contributed by atoms with van der Waals surface area (Å²) in [5.41, 5.74) is 1.44. The van der Waals surface area contributed by atoms with Crippen LogP contribution in [-0.4, -0.2) is 41.5 Å². The molecule has 33 heavy (non-hydrogen) atoms. The zero-order valence-corrected chi connectivity index (χ0v) is 19.7. The van der Waals surface area contributed by atoms with Gasteiger partial charge in [0.05, 0.1) is 22.3 Å². The number of fused-ring (bicyclic) bond motifs is 2. The SMILES string of the molecule is CCN(C(=O)CSc1nc2ccccc2c(=O)n1CCCOC)c1cccc2ccccc12. The molecule has 0 N–H and O–H groups in total. The van der Waals surface area contributed by atoms with E-state index in [1.807, 2.05) is 67.6 Å². The molecule has 7 heteroatoms. The Balaban J connectivity index is 1.62. The van der Waals surface area contributed by atoms with Crippen LogP contribution in [0.2, 0.25) is 0 Å². The van der Waals surface area contributed by atoms with Crippen LogP contribution in [0, 0.1) is 0 Å². The number of aromatic nitrogens is 2. The second-order valence-electron chi connectivity index (χ2n) is 7.64. The van der Waals surface area contributed by atoms with Gasteiger partial charge in [-0.05, 0) is 36.9 Å². The largest absolute Gasteiger partial charge is 0.385 e. The number of carbonyl (C=O) groups excluding carboxylic acids is 1. The fourth-order valence-electron chi connectivity index (χ4n) is 3.95. The molecule has 0 fully saturated rings. The first-order valence-corrected chi connectivity index (χ1v) is 12.0. The fourth-order valence-corrected chi connectivity index (χ4v) is 4.85. The van der Waals surface area contributed by atoms with E-state index in [2.05, 4.69) is 0 Å². The third-order valence-electron chi connectivity index (χ3n) is 5.56. The number of para-hydroxylation sites is 1. The molecule has 0 radical (unpaired) electrons. The highest BCUT2D eigenvalue weighted by molar-refractivity contribution is 7.99. The van der Waals surface area contributed by atoms with Crippen LogP contribution in [0.5, 0.6) is 0 Å². The lowest BCUT2D eigenvalue weighted by molar-refractivity contribution is -0.116. The number of hydrogen-bond donors (Lipinski definition) is 0. The number of rotatable bonds is 9. The van der Waals surface area contributed by atoms with Crippen molar-refractivity contribution in [3.8, 4) is 0 Å². The maximum atomic E-state index is 13.3. The summed E-state index contributed by atoms with van der Waals surface area (Å²) in [4.78, 5) is 32.9. The zero-order valence-electron chi connectivity index (χ0n) is 18.9. The lowest BCUT2D eigenvalue weighted by Gasteiger charge is -2.23. The molecular weight excluding hydrogens is 434 g/mol. The summed E-state index contributed by atoms with van der Waals surface area (Å²) >= 11 is 1.31. The quantitative estimate of drug-likeness (QED) is 0.205. The van der Waals surface area contributed by atoms with E-state index < -0.39 is 0 Å². The van der Waals surface area contributed by atoms with E-state index in [1.54, 1.807) is 22.6 Å². The van der Waals surface area contributed by atoms with Crippen molar-refractivity contribution in [1.29, 1.82) is 0 Å². The van der Waals surface area contributed by atoms with Crippen LogP contribution in [0.25, 0.3) is 21.7 Å². The second-order valence-corrected chi connectivity index (χ2v) is 8.58. The van der Waals surface area contributed by atoms with Gasteiger partial charge in [-0.1, -0.05) is 60.3 Å². The normalized spacial score (nSPS) is 11.2. The molecule has 0 aliphatic heterocycles. The molecule has 0 aliphatic rings. The minimum Gasteiger partial charge on any atom is -0.385 e. The van der Waals surface area contributed by atoms with Crippen LogP contribution >= 0.6 is 11.8 Å². The van der Waals surface area contributed by atoms with Crippen molar-refractivity contribution in [3.63, 3.8) is 0 Å². The summed E-state index contributed by atoms with van der Waals surface area (Å²) in [6, 6.07) is 21.4. The van der Waals surface area contributed by atoms with Gasteiger partial charge in [0.15, 0.2) is 5.16 Å². The van der Waals surface area contributed by atoms with Gasteiger partial charge in [0.1, 0.15) is 0 Å². The van der Waals surface area contributed by atoms with Gasteiger partial charge in [-0.15, -0.1) is 0 Å². The number of thioether (sulfide) groups is 1. The van der Waals surface area contributed by atoms with E-state index in [0.29, 0.717) is 42.2 Å². The third-order valence-corrected chi connectivity index (χ3v) is 6.52. The van der Waals surface area contributed by atoms with E-state index in [1.165, 1.54) is 11.8 Å². The van der Waals surface area contributed by atoms with Crippen molar-refractivity contribution >= 4 is 45.0 Å². The Bertz CT molecular complexity index is 1330.